The van der Waals surface area contributed by atoms with Gasteiger partial charge in [0.25, 0.3) is 0 Å². The van der Waals surface area contributed by atoms with Crippen LogP contribution in [-0.2, 0) is 31.8 Å². The van der Waals surface area contributed by atoms with Crippen molar-refractivity contribution >= 4 is 58.2 Å². The first-order chi connectivity index (χ1) is 29.3. The maximum Gasteiger partial charge on any atom is 0.410 e. The van der Waals surface area contributed by atoms with Crippen molar-refractivity contribution < 1.29 is 33.4 Å². The predicted molar refractivity (Wildman–Crippen MR) is 253 cm³/mol. The monoisotopic (exact) mass is 911 g/mol. The summed E-state index contributed by atoms with van der Waals surface area (Å²) in [4.78, 5) is 60.0. The number of carbonyl (C=O) groups is 4. The summed E-state index contributed by atoms with van der Waals surface area (Å²) in [5, 5.41) is 9.12. The van der Waals surface area contributed by atoms with Gasteiger partial charge in [0.05, 0.1) is 6.42 Å². The lowest BCUT2D eigenvalue weighted by Gasteiger charge is -2.48. The van der Waals surface area contributed by atoms with E-state index in [1.807, 2.05) is 65.8 Å². The van der Waals surface area contributed by atoms with E-state index in [-0.39, 0.29) is 37.5 Å². The smallest absolute Gasteiger partial charge is 0.410 e. The number of halogens is 2. The van der Waals surface area contributed by atoms with Gasteiger partial charge in [0, 0.05) is 67.4 Å². The van der Waals surface area contributed by atoms with Gasteiger partial charge in [-0.15, -0.1) is 0 Å². The summed E-state index contributed by atoms with van der Waals surface area (Å²) in [7, 11) is 0. The minimum absolute atomic E-state index is 0.0561. The van der Waals surface area contributed by atoms with Gasteiger partial charge in [-0.05, 0) is 128 Å². The second-order valence-corrected chi connectivity index (χ2v) is 21.0. The molecule has 1 saturated heterocycles. The molecular weight excluding hydrogens is 841 g/mol. The molecule has 1 aliphatic rings. The van der Waals surface area contributed by atoms with Crippen molar-refractivity contribution in [2.75, 3.05) is 39.3 Å². The van der Waals surface area contributed by atoms with E-state index in [1.54, 1.807) is 37.8 Å². The minimum Gasteiger partial charge on any atom is -0.444 e. The molecule has 0 spiro atoms. The minimum atomic E-state index is -0.728. The average Bonchev–Trinajstić information content (AvgIpc) is 3.13. The number of hydrogen-bond acceptors (Lipinski definition) is 8. The van der Waals surface area contributed by atoms with Gasteiger partial charge in [-0.1, -0.05) is 85.6 Å². The first-order valence-corrected chi connectivity index (χ1v) is 23.0. The molecule has 0 aliphatic carbocycles. The molecule has 1 aliphatic heterocycles. The molecule has 0 radical (unpaired) electrons. The average molecular weight is 913 g/mol. The lowest BCUT2D eigenvalue weighted by Crippen LogP contribution is -2.62. The van der Waals surface area contributed by atoms with Crippen LogP contribution in [0.1, 0.15) is 107 Å². The van der Waals surface area contributed by atoms with Crippen LogP contribution in [0, 0.1) is 5.92 Å². The summed E-state index contributed by atoms with van der Waals surface area (Å²) in [6.07, 6.45) is 1.07. The third kappa shape index (κ3) is 18.0. The molecule has 12 nitrogen and oxygen atoms in total. The number of alkyl carbamates (subject to hydrolysis) is 2. The number of nitrogens with one attached hydrogen (secondary N) is 2. The number of nitrogens with zero attached hydrogens (tertiary/aromatic N) is 3. The Morgan fingerprint density at radius 2 is 1.43 bits per heavy atom. The van der Waals surface area contributed by atoms with Gasteiger partial charge in [-0.3, -0.25) is 9.69 Å². The summed E-state index contributed by atoms with van der Waals surface area (Å²) >= 11 is 13.0. The summed E-state index contributed by atoms with van der Waals surface area (Å²) in [5.74, 6) is 0.366. The summed E-state index contributed by atoms with van der Waals surface area (Å²) in [5.41, 5.74) is -0.321. The van der Waals surface area contributed by atoms with Gasteiger partial charge >= 0.3 is 18.3 Å². The standard InChI is InChI=1S/C49H71Cl2N5O7/c1-33(2)25-41-31-55(30-39(53-45(59)62-48(6,7)8)28-37-20-21-38(50)29-42(37)51)40(32-56(41)43(57)27-34-18-19-35-15-12-13-16-36(35)26-34)17-14-23-54(46(60)63-49(9,10)11)24-22-52-44(58)61-47(3,4)5/h12-13,15-16,18-21,26,29,33,39-41H,14,17,22-25,27-28,30-32H2,1-11H3,(H,52,58)(H,53,59)/t39?,40-,41+/m0/s1. The Morgan fingerprint density at radius 1 is 0.778 bits per heavy atom. The maximum absolute atomic E-state index is 14.5. The van der Waals surface area contributed by atoms with Crippen LogP contribution in [0.2, 0.25) is 10.0 Å². The third-order valence-electron chi connectivity index (χ3n) is 10.4. The fraction of sp³-hybridized carbons (Fsp3) is 0.592. The van der Waals surface area contributed by atoms with Crippen LogP contribution in [0.25, 0.3) is 10.8 Å². The molecule has 348 valence electrons. The Labute approximate surface area is 385 Å². The highest BCUT2D eigenvalue weighted by molar-refractivity contribution is 6.35. The second kappa shape index (κ2) is 22.6. The van der Waals surface area contributed by atoms with Crippen molar-refractivity contribution in [3.8, 4) is 0 Å². The number of amides is 4. The van der Waals surface area contributed by atoms with Crippen LogP contribution in [0.5, 0.6) is 0 Å². The van der Waals surface area contributed by atoms with Crippen molar-refractivity contribution in [2.24, 2.45) is 5.92 Å². The van der Waals surface area contributed by atoms with Crippen LogP contribution in [0.4, 0.5) is 14.4 Å². The highest BCUT2D eigenvalue weighted by Crippen LogP contribution is 2.28. The fourth-order valence-electron chi connectivity index (χ4n) is 7.80. The second-order valence-electron chi connectivity index (χ2n) is 20.1. The van der Waals surface area contributed by atoms with E-state index >= 15 is 0 Å². The topological polar surface area (TPSA) is 130 Å². The lowest BCUT2D eigenvalue weighted by atomic mass is 9.93. The van der Waals surface area contributed by atoms with E-state index in [2.05, 4.69) is 58.5 Å². The van der Waals surface area contributed by atoms with Gasteiger partial charge in [-0.2, -0.15) is 0 Å². The number of benzene rings is 3. The van der Waals surface area contributed by atoms with Crippen molar-refractivity contribution in [3.05, 3.63) is 81.8 Å². The molecule has 1 heterocycles. The van der Waals surface area contributed by atoms with Gasteiger partial charge in [0.1, 0.15) is 16.8 Å². The molecule has 1 fully saturated rings. The van der Waals surface area contributed by atoms with Crippen molar-refractivity contribution in [2.45, 2.75) is 143 Å². The zero-order valence-corrected chi connectivity index (χ0v) is 40.8. The Kier molecular flexibility index (Phi) is 18.4. The molecule has 14 heteroatoms. The van der Waals surface area contributed by atoms with Crippen LogP contribution in [0.15, 0.2) is 60.7 Å². The maximum atomic E-state index is 14.5. The molecule has 2 N–H and O–H groups in total. The van der Waals surface area contributed by atoms with E-state index in [0.29, 0.717) is 61.4 Å². The Morgan fingerprint density at radius 3 is 2.06 bits per heavy atom. The van der Waals surface area contributed by atoms with Crippen LogP contribution in [0.3, 0.4) is 0 Å². The number of ether oxygens (including phenoxy) is 3. The van der Waals surface area contributed by atoms with Crippen LogP contribution < -0.4 is 10.6 Å². The van der Waals surface area contributed by atoms with E-state index in [0.717, 1.165) is 28.3 Å². The fourth-order valence-corrected chi connectivity index (χ4v) is 8.29. The zero-order chi connectivity index (χ0) is 46.7. The molecule has 3 atom stereocenters. The Balaban J connectivity index is 1.65. The number of piperazine rings is 1. The summed E-state index contributed by atoms with van der Waals surface area (Å²) in [6.45, 7) is 22.8. The van der Waals surface area contributed by atoms with Crippen LogP contribution >= 0.6 is 23.2 Å². The van der Waals surface area contributed by atoms with Gasteiger partial charge in [0.15, 0.2) is 0 Å². The van der Waals surface area contributed by atoms with Crippen molar-refractivity contribution in [1.82, 2.24) is 25.3 Å². The predicted octanol–water partition coefficient (Wildman–Crippen LogP) is 10.3. The first kappa shape index (κ1) is 51.4. The van der Waals surface area contributed by atoms with Gasteiger partial charge < -0.3 is 34.6 Å². The molecule has 63 heavy (non-hydrogen) atoms. The number of rotatable bonds is 16. The number of carbonyl (C=O) groups excluding carboxylic acids is 4. The molecular formula is C49H71Cl2N5O7. The molecule has 3 aromatic carbocycles. The van der Waals surface area contributed by atoms with Crippen molar-refractivity contribution in [1.29, 1.82) is 0 Å². The normalized spacial score (nSPS) is 16.7. The van der Waals surface area contributed by atoms with Gasteiger partial charge in [0.2, 0.25) is 5.91 Å². The quantitative estimate of drug-likeness (QED) is 0.136. The molecule has 0 aromatic heterocycles. The highest BCUT2D eigenvalue weighted by atomic mass is 35.5. The first-order valence-electron chi connectivity index (χ1n) is 22.2. The van der Waals surface area contributed by atoms with E-state index in [9.17, 15) is 19.2 Å². The number of hydrogen-bond donors (Lipinski definition) is 2. The Hall–Kier alpha value is -4.26. The molecule has 4 rings (SSSR count). The third-order valence-corrected chi connectivity index (χ3v) is 11.0. The van der Waals surface area contributed by atoms with Gasteiger partial charge in [-0.25, -0.2) is 14.4 Å². The molecule has 1 unspecified atom stereocenters. The van der Waals surface area contributed by atoms with E-state index in [1.165, 1.54) is 0 Å². The zero-order valence-electron chi connectivity index (χ0n) is 39.3. The SMILES string of the molecule is CC(C)C[C@@H]1CN(CC(Cc2ccc(Cl)cc2Cl)NC(=O)OC(C)(C)C)[C@@H](CCCN(CCNC(=O)OC(C)(C)C)C(=O)OC(C)(C)C)CN1C(=O)Cc1ccc2ccccc2c1. The molecule has 3 aromatic rings. The molecule has 4 amide bonds. The lowest BCUT2D eigenvalue weighted by molar-refractivity contribution is -0.138. The Bertz CT molecular complexity index is 2010. The van der Waals surface area contributed by atoms with E-state index in [4.69, 9.17) is 37.4 Å². The highest BCUT2D eigenvalue weighted by Gasteiger charge is 2.38. The van der Waals surface area contributed by atoms with E-state index < -0.39 is 41.1 Å². The van der Waals surface area contributed by atoms with Crippen LogP contribution in [-0.4, -0.2) is 113 Å². The summed E-state index contributed by atoms with van der Waals surface area (Å²) < 4.78 is 16.9. The number of fused-ring (bicyclic) bond motifs is 1. The summed E-state index contributed by atoms with van der Waals surface area (Å²) in [6, 6.07) is 19.0. The molecule has 0 saturated carbocycles. The largest absolute Gasteiger partial charge is 0.444 e. The molecule has 0 bridgehead atoms. The van der Waals surface area contributed by atoms with Crippen molar-refractivity contribution in [3.63, 3.8) is 0 Å².